The van der Waals surface area contributed by atoms with Crippen LogP contribution in [0.1, 0.15) is 39.1 Å². The minimum absolute atomic E-state index is 0.0160. The van der Waals surface area contributed by atoms with E-state index in [1.54, 1.807) is 12.1 Å². The molecule has 3 aromatic carbocycles. The van der Waals surface area contributed by atoms with Crippen LogP contribution >= 0.6 is 11.6 Å². The highest BCUT2D eigenvalue weighted by Gasteiger charge is 2.51. The van der Waals surface area contributed by atoms with Gasteiger partial charge in [-0.3, -0.25) is 19.2 Å². The number of carbonyl (C=O) groups is 4. The summed E-state index contributed by atoms with van der Waals surface area (Å²) in [6, 6.07) is 17.4. The predicted octanol–water partition coefficient (Wildman–Crippen LogP) is 4.61. The van der Waals surface area contributed by atoms with E-state index in [-0.39, 0.29) is 21.8 Å². The molecular formula is C30H25ClN2O7S. The van der Waals surface area contributed by atoms with E-state index in [9.17, 15) is 27.6 Å². The Morgan fingerprint density at radius 2 is 1.39 bits per heavy atom. The minimum Gasteiger partial charge on any atom is -0.379 e. The summed E-state index contributed by atoms with van der Waals surface area (Å²) in [5.74, 6) is -3.59. The molecule has 0 spiro atoms. The van der Waals surface area contributed by atoms with Crippen LogP contribution in [0.25, 0.3) is 0 Å². The van der Waals surface area contributed by atoms with Crippen molar-refractivity contribution in [3.05, 3.63) is 107 Å². The van der Waals surface area contributed by atoms with E-state index in [1.165, 1.54) is 60.7 Å². The number of amides is 3. The number of rotatable bonds is 8. The zero-order valence-corrected chi connectivity index (χ0v) is 23.5. The Labute approximate surface area is 242 Å². The molecule has 1 fully saturated rings. The number of fused-ring (bicyclic) bond motifs is 1. The van der Waals surface area contributed by atoms with Gasteiger partial charge in [0.15, 0.2) is 5.78 Å². The molecule has 3 aromatic rings. The van der Waals surface area contributed by atoms with Crippen LogP contribution in [0.2, 0.25) is 5.02 Å². The van der Waals surface area contributed by atoms with E-state index >= 15 is 0 Å². The molecule has 210 valence electrons. The summed E-state index contributed by atoms with van der Waals surface area (Å²) < 4.78 is 30.4. The molecule has 2 aliphatic rings. The second-order valence-corrected chi connectivity index (χ2v) is 11.8. The van der Waals surface area contributed by atoms with Crippen molar-refractivity contribution < 1.29 is 31.8 Å². The summed E-state index contributed by atoms with van der Waals surface area (Å²) in [5, 5.41) is 2.06. The second kappa shape index (κ2) is 11.3. The lowest BCUT2D eigenvalue weighted by atomic mass is 9.85. The van der Waals surface area contributed by atoms with Gasteiger partial charge in [-0.1, -0.05) is 41.4 Å². The summed E-state index contributed by atoms with van der Waals surface area (Å²) in [5.41, 5.74) is 1.15. The number of imide groups is 1. The molecule has 0 saturated carbocycles. The molecule has 3 amide bonds. The lowest BCUT2D eigenvalue weighted by molar-refractivity contribution is -0.154. The Hall–Kier alpha value is -4.28. The third kappa shape index (κ3) is 5.79. The summed E-state index contributed by atoms with van der Waals surface area (Å²) in [7, 11) is -4.10. The van der Waals surface area contributed by atoms with Gasteiger partial charge < -0.3 is 4.18 Å². The number of Topliss-reactive ketones (excluding diaryl/α,β-unsaturated/α-hetero) is 1. The second-order valence-electron chi connectivity index (χ2n) is 9.81. The van der Waals surface area contributed by atoms with Crippen LogP contribution in [-0.4, -0.2) is 48.5 Å². The third-order valence-electron chi connectivity index (χ3n) is 7.04. The fraction of sp³-hybridized carbons (Fsp3) is 0.200. The highest BCUT2D eigenvalue weighted by Crippen LogP contribution is 2.36. The van der Waals surface area contributed by atoms with Crippen LogP contribution in [-0.2, 0) is 19.7 Å². The number of hydrazine groups is 1. The standard InChI is InChI=1S/C30H25ClN2O7S/c1-19-6-16-24(17-7-19)41(38,39)40-23-14-10-20(11-15-23)27(34)18-32(28(35)21-8-12-22(31)13-9-21)33-29(36)25-4-2-3-5-26(25)30(33)37/h2-3,6-17,25-26H,4-5,18H2,1H3/t25-,26-/m0/s1. The molecule has 0 radical (unpaired) electrons. The van der Waals surface area contributed by atoms with E-state index in [0.717, 1.165) is 15.6 Å². The number of hydrogen-bond acceptors (Lipinski definition) is 7. The quantitative estimate of drug-likeness (QED) is 0.162. The van der Waals surface area contributed by atoms with Crippen molar-refractivity contribution in [2.24, 2.45) is 11.8 Å². The van der Waals surface area contributed by atoms with Gasteiger partial charge in [-0.15, -0.1) is 0 Å². The molecule has 0 unspecified atom stereocenters. The van der Waals surface area contributed by atoms with Crippen LogP contribution < -0.4 is 4.18 Å². The van der Waals surface area contributed by atoms with E-state index in [0.29, 0.717) is 17.9 Å². The molecule has 1 heterocycles. The van der Waals surface area contributed by atoms with Crippen molar-refractivity contribution in [3.63, 3.8) is 0 Å². The number of halogens is 1. The van der Waals surface area contributed by atoms with Gasteiger partial charge in [0.25, 0.3) is 17.7 Å². The average Bonchev–Trinajstić information content (AvgIpc) is 3.21. The molecule has 1 aliphatic carbocycles. The average molecular weight is 593 g/mol. The number of benzene rings is 3. The van der Waals surface area contributed by atoms with Crippen molar-refractivity contribution in [3.8, 4) is 5.75 Å². The topological polar surface area (TPSA) is 118 Å². The third-order valence-corrected chi connectivity index (χ3v) is 8.55. The first kappa shape index (κ1) is 28.3. The van der Waals surface area contributed by atoms with E-state index < -0.39 is 52.0 Å². The van der Waals surface area contributed by atoms with Gasteiger partial charge in [0.2, 0.25) is 0 Å². The summed E-state index contributed by atoms with van der Waals surface area (Å²) in [4.78, 5) is 53.4. The Balaban J connectivity index is 1.38. The van der Waals surface area contributed by atoms with Crippen LogP contribution in [0.5, 0.6) is 5.75 Å². The first-order valence-corrected chi connectivity index (χ1v) is 14.6. The summed E-state index contributed by atoms with van der Waals surface area (Å²) in [6.07, 6.45) is 4.40. The predicted molar refractivity (Wildman–Crippen MR) is 149 cm³/mol. The molecule has 0 N–H and O–H groups in total. The Bertz CT molecular complexity index is 1620. The highest BCUT2D eigenvalue weighted by molar-refractivity contribution is 7.87. The van der Waals surface area contributed by atoms with Gasteiger partial charge in [-0.05, 0) is 80.4 Å². The van der Waals surface area contributed by atoms with Gasteiger partial charge in [0.05, 0.1) is 11.8 Å². The maximum atomic E-state index is 13.6. The zero-order chi connectivity index (χ0) is 29.3. The molecular weight excluding hydrogens is 568 g/mol. The fourth-order valence-electron chi connectivity index (χ4n) is 4.80. The van der Waals surface area contributed by atoms with Gasteiger partial charge in [-0.25, -0.2) is 5.01 Å². The van der Waals surface area contributed by atoms with Crippen molar-refractivity contribution in [1.82, 2.24) is 10.0 Å². The molecule has 1 saturated heterocycles. The van der Waals surface area contributed by atoms with Gasteiger partial charge in [-0.2, -0.15) is 13.4 Å². The van der Waals surface area contributed by atoms with Gasteiger partial charge in [0, 0.05) is 16.1 Å². The Morgan fingerprint density at radius 3 is 1.95 bits per heavy atom. The number of carbonyl (C=O) groups excluding carboxylic acids is 4. The van der Waals surface area contributed by atoms with E-state index in [4.69, 9.17) is 15.8 Å². The van der Waals surface area contributed by atoms with Crippen LogP contribution in [0.15, 0.2) is 89.8 Å². The first-order valence-electron chi connectivity index (χ1n) is 12.8. The normalized spacial score (nSPS) is 18.2. The molecule has 5 rings (SSSR count). The molecule has 41 heavy (non-hydrogen) atoms. The lowest BCUT2D eigenvalue weighted by Gasteiger charge is -2.30. The molecule has 9 nitrogen and oxygen atoms in total. The fourth-order valence-corrected chi connectivity index (χ4v) is 5.86. The first-order chi connectivity index (χ1) is 19.5. The number of aryl methyl sites for hydroxylation is 1. The SMILES string of the molecule is Cc1ccc(S(=O)(=O)Oc2ccc(C(=O)CN(C(=O)c3ccc(Cl)cc3)N3C(=O)[C@H]4CC=CC[C@@H]4C3=O)cc2)cc1. The number of nitrogens with zero attached hydrogens (tertiary/aromatic N) is 2. The lowest BCUT2D eigenvalue weighted by Crippen LogP contribution is -2.52. The Morgan fingerprint density at radius 1 is 0.854 bits per heavy atom. The Kier molecular flexibility index (Phi) is 7.79. The van der Waals surface area contributed by atoms with Crippen molar-refractivity contribution in [2.45, 2.75) is 24.7 Å². The summed E-state index contributed by atoms with van der Waals surface area (Å²) >= 11 is 5.96. The maximum Gasteiger partial charge on any atom is 0.339 e. The monoisotopic (exact) mass is 592 g/mol. The molecule has 2 atom stereocenters. The minimum atomic E-state index is -4.10. The van der Waals surface area contributed by atoms with Crippen molar-refractivity contribution in [1.29, 1.82) is 0 Å². The zero-order valence-electron chi connectivity index (χ0n) is 21.9. The van der Waals surface area contributed by atoms with Crippen LogP contribution in [0, 0.1) is 18.8 Å². The molecule has 11 heteroatoms. The van der Waals surface area contributed by atoms with E-state index in [1.807, 2.05) is 19.1 Å². The molecule has 0 aromatic heterocycles. The summed E-state index contributed by atoms with van der Waals surface area (Å²) in [6.45, 7) is 1.23. The number of ketones is 1. The maximum absolute atomic E-state index is 13.6. The number of allylic oxidation sites excluding steroid dienone is 2. The van der Waals surface area contributed by atoms with Crippen molar-refractivity contribution in [2.75, 3.05) is 6.54 Å². The molecule has 0 bridgehead atoms. The van der Waals surface area contributed by atoms with E-state index in [2.05, 4.69) is 0 Å². The van der Waals surface area contributed by atoms with Crippen molar-refractivity contribution >= 4 is 45.2 Å². The number of hydrogen-bond donors (Lipinski definition) is 0. The smallest absolute Gasteiger partial charge is 0.339 e. The van der Waals surface area contributed by atoms with Crippen LogP contribution in [0.3, 0.4) is 0 Å². The largest absolute Gasteiger partial charge is 0.379 e. The van der Waals surface area contributed by atoms with Gasteiger partial charge >= 0.3 is 10.1 Å². The highest BCUT2D eigenvalue weighted by atomic mass is 35.5. The molecule has 1 aliphatic heterocycles. The van der Waals surface area contributed by atoms with Gasteiger partial charge in [0.1, 0.15) is 17.2 Å². The van der Waals surface area contributed by atoms with Crippen LogP contribution in [0.4, 0.5) is 0 Å².